The summed E-state index contributed by atoms with van der Waals surface area (Å²) in [6.45, 7) is 4.49. The van der Waals surface area contributed by atoms with Gasteiger partial charge in [0.15, 0.2) is 0 Å². The van der Waals surface area contributed by atoms with Gasteiger partial charge in [0.2, 0.25) is 0 Å². The van der Waals surface area contributed by atoms with Gasteiger partial charge >= 0.3 is 19.5 Å². The summed E-state index contributed by atoms with van der Waals surface area (Å²) < 4.78 is 0. The van der Waals surface area contributed by atoms with E-state index in [1.54, 1.807) is 0 Å². The van der Waals surface area contributed by atoms with Crippen molar-refractivity contribution in [2.24, 2.45) is 0 Å². The standard InChI is InChI=1S/C24H43O2PS2.Zn/c1-3-5-7-9-11-13-15-17-22-19-20-23(24(21-22)29-27(25,26)28)18-16-14-12-10-8-6-4-2;/h19-21H,3-18H2,1-2H3,(H2,25,26,28);/q;+2/p-2. The summed E-state index contributed by atoms with van der Waals surface area (Å²) in [5, 5.41) is 0. The smallest absolute Gasteiger partial charge is 0.824 e. The Morgan fingerprint density at radius 1 is 0.733 bits per heavy atom. The molecular weight excluding hydrogens is 481 g/mol. The molecule has 0 fully saturated rings. The third kappa shape index (κ3) is 16.4. The Balaban J connectivity index is 0.00000841. The van der Waals surface area contributed by atoms with E-state index in [1.807, 2.05) is 0 Å². The molecule has 6 heteroatoms. The van der Waals surface area contributed by atoms with Crippen LogP contribution in [-0.2, 0) is 44.1 Å². The average molecular weight is 522 g/mol. The van der Waals surface area contributed by atoms with Gasteiger partial charge in [-0.1, -0.05) is 103 Å². The first kappa shape index (κ1) is 30.8. The first-order valence-electron chi connectivity index (χ1n) is 11.8. The number of unbranched alkanes of at least 4 members (excludes halogenated alkanes) is 12. The summed E-state index contributed by atoms with van der Waals surface area (Å²) in [6.07, 6.45) is 19.9. The molecule has 0 saturated carbocycles. The summed E-state index contributed by atoms with van der Waals surface area (Å²) in [5.41, 5.74) is -1.40. The second kappa shape index (κ2) is 19.3. The topological polar surface area (TPSA) is 46.1 Å². The van der Waals surface area contributed by atoms with Gasteiger partial charge in [0.1, 0.15) is 0 Å². The van der Waals surface area contributed by atoms with Crippen LogP contribution in [0.4, 0.5) is 0 Å². The molecule has 0 radical (unpaired) electrons. The Hall–Kier alpha value is 0.763. The molecule has 0 spiro atoms. The monoisotopic (exact) mass is 520 g/mol. The first-order chi connectivity index (χ1) is 14.0. The Morgan fingerprint density at radius 2 is 1.20 bits per heavy atom. The predicted octanol–water partition coefficient (Wildman–Crippen LogP) is 7.31. The van der Waals surface area contributed by atoms with Crippen molar-refractivity contribution in [2.75, 3.05) is 0 Å². The molecule has 0 atom stereocenters. The Morgan fingerprint density at radius 3 is 1.70 bits per heavy atom. The summed E-state index contributed by atoms with van der Waals surface area (Å²) in [7, 11) is 0. The van der Waals surface area contributed by atoms with E-state index in [2.05, 4.69) is 43.9 Å². The van der Waals surface area contributed by atoms with Crippen molar-refractivity contribution < 1.29 is 29.3 Å². The Labute approximate surface area is 208 Å². The molecule has 0 bridgehead atoms. The zero-order valence-electron chi connectivity index (χ0n) is 19.3. The fourth-order valence-electron chi connectivity index (χ4n) is 3.73. The maximum atomic E-state index is 11.7. The Kier molecular flexibility index (Phi) is 19.7. The molecule has 0 aliphatic carbocycles. The van der Waals surface area contributed by atoms with Crippen LogP contribution in [0.2, 0.25) is 0 Å². The molecule has 168 valence electrons. The van der Waals surface area contributed by atoms with E-state index < -0.39 is 5.69 Å². The van der Waals surface area contributed by atoms with Gasteiger partial charge in [-0.2, -0.15) is 5.69 Å². The number of benzene rings is 1. The third-order valence-electron chi connectivity index (χ3n) is 5.46. The maximum Gasteiger partial charge on any atom is 2.00 e. The minimum Gasteiger partial charge on any atom is -0.824 e. The van der Waals surface area contributed by atoms with Gasteiger partial charge in [-0.05, 0) is 42.9 Å². The number of hydrogen-bond donors (Lipinski definition) is 0. The normalized spacial score (nSPS) is 11.5. The van der Waals surface area contributed by atoms with Crippen molar-refractivity contribution in [1.29, 1.82) is 0 Å². The van der Waals surface area contributed by atoms with Crippen LogP contribution in [0, 0.1) is 0 Å². The van der Waals surface area contributed by atoms with Crippen LogP contribution < -0.4 is 9.79 Å². The number of hydrogen-bond acceptors (Lipinski definition) is 4. The largest absolute Gasteiger partial charge is 2.00 e. The van der Waals surface area contributed by atoms with Crippen molar-refractivity contribution in [3.63, 3.8) is 0 Å². The van der Waals surface area contributed by atoms with Crippen molar-refractivity contribution in [3.8, 4) is 0 Å². The zero-order chi connectivity index (χ0) is 21.4. The maximum absolute atomic E-state index is 11.7. The third-order valence-corrected chi connectivity index (χ3v) is 8.19. The van der Waals surface area contributed by atoms with Crippen molar-refractivity contribution in [3.05, 3.63) is 29.3 Å². The van der Waals surface area contributed by atoms with Crippen LogP contribution in [0.1, 0.15) is 115 Å². The molecule has 1 aromatic rings. The van der Waals surface area contributed by atoms with Crippen LogP contribution in [0.15, 0.2) is 23.1 Å². The van der Waals surface area contributed by atoms with E-state index in [9.17, 15) is 9.79 Å². The first-order valence-corrected chi connectivity index (χ1v) is 15.9. The van der Waals surface area contributed by atoms with Gasteiger partial charge in [0.25, 0.3) is 0 Å². The molecule has 0 aliphatic rings. The van der Waals surface area contributed by atoms with Gasteiger partial charge in [0, 0.05) is 4.90 Å². The van der Waals surface area contributed by atoms with E-state index in [-0.39, 0.29) is 19.5 Å². The predicted molar refractivity (Wildman–Crippen MR) is 130 cm³/mol. The molecule has 2 nitrogen and oxygen atoms in total. The van der Waals surface area contributed by atoms with Crippen molar-refractivity contribution in [2.45, 2.75) is 121 Å². The summed E-state index contributed by atoms with van der Waals surface area (Å²) in [5.74, 6) is 0. The van der Waals surface area contributed by atoms with Crippen LogP contribution in [0.5, 0.6) is 0 Å². The van der Waals surface area contributed by atoms with E-state index in [4.69, 9.17) is 0 Å². The molecule has 1 rings (SSSR count). The number of aryl methyl sites for hydroxylation is 2. The summed E-state index contributed by atoms with van der Waals surface area (Å²) in [6, 6.07) is 6.41. The zero-order valence-corrected chi connectivity index (χ0v) is 24.8. The van der Waals surface area contributed by atoms with E-state index in [1.165, 1.54) is 89.0 Å². The summed E-state index contributed by atoms with van der Waals surface area (Å²) >= 11 is 5.57. The minimum absolute atomic E-state index is 0. The molecule has 30 heavy (non-hydrogen) atoms. The van der Waals surface area contributed by atoms with Crippen LogP contribution >= 0.6 is 17.1 Å². The van der Waals surface area contributed by atoms with E-state index in [0.717, 1.165) is 41.1 Å². The quantitative estimate of drug-likeness (QED) is 0.115. The van der Waals surface area contributed by atoms with Crippen molar-refractivity contribution in [1.82, 2.24) is 0 Å². The fourth-order valence-corrected chi connectivity index (χ4v) is 6.41. The van der Waals surface area contributed by atoms with Gasteiger partial charge in [-0.25, -0.2) is 0 Å². The molecule has 0 saturated heterocycles. The fraction of sp³-hybridized carbons (Fsp3) is 0.750. The van der Waals surface area contributed by atoms with Gasteiger partial charge in [-0.3, -0.25) is 0 Å². The molecule has 0 amide bonds. The van der Waals surface area contributed by atoms with Crippen LogP contribution in [-0.4, -0.2) is 0 Å². The molecule has 0 heterocycles. The molecule has 0 aromatic heterocycles. The SMILES string of the molecule is CCCCCCCCCc1ccc(CCCCCCCCC)c(SP([O-])([O-])=S)c1.[Zn+2]. The van der Waals surface area contributed by atoms with Crippen LogP contribution in [0.25, 0.3) is 0 Å². The average Bonchev–Trinajstić information content (AvgIpc) is 2.66. The molecular formula is C24H41O2PS2Zn. The van der Waals surface area contributed by atoms with Gasteiger partial charge < -0.3 is 9.79 Å². The Bertz CT molecular complexity index is 593. The van der Waals surface area contributed by atoms with Crippen LogP contribution in [0.3, 0.4) is 0 Å². The van der Waals surface area contributed by atoms with Crippen molar-refractivity contribution >= 4 is 28.9 Å². The van der Waals surface area contributed by atoms with Gasteiger partial charge in [0.05, 0.1) is 0 Å². The summed E-state index contributed by atoms with van der Waals surface area (Å²) in [4.78, 5) is 24.3. The molecule has 0 aliphatic heterocycles. The molecule has 0 N–H and O–H groups in total. The second-order valence-corrected chi connectivity index (χ2v) is 13.9. The second-order valence-electron chi connectivity index (χ2n) is 8.22. The molecule has 1 aromatic carbocycles. The van der Waals surface area contributed by atoms with E-state index >= 15 is 0 Å². The van der Waals surface area contributed by atoms with E-state index in [0.29, 0.717) is 0 Å². The molecule has 0 unspecified atom stereocenters. The minimum atomic E-state index is -3.79. The number of rotatable bonds is 18. The van der Waals surface area contributed by atoms with Gasteiger partial charge in [-0.15, -0.1) is 23.2 Å².